The molecule has 10 heteroatoms. The number of hydrogen-bond acceptors (Lipinski definition) is 3. The van der Waals surface area contributed by atoms with E-state index < -0.39 is 35.3 Å². The van der Waals surface area contributed by atoms with E-state index in [0.717, 1.165) is 0 Å². The highest BCUT2D eigenvalue weighted by Crippen LogP contribution is 2.37. The van der Waals surface area contributed by atoms with Gasteiger partial charge in [0.15, 0.2) is 8.32 Å². The highest BCUT2D eigenvalue weighted by Gasteiger charge is 2.48. The Hall–Kier alpha value is 0.167. The molecular formula is C13H27ClF3NO3SSi. The number of sulfonamides is 1. The molecule has 1 N–H and O–H groups in total. The quantitative estimate of drug-likeness (QED) is 0.520. The molecule has 0 radical (unpaired) electrons. The molecule has 0 saturated heterocycles. The van der Waals surface area contributed by atoms with Crippen LogP contribution in [0.15, 0.2) is 0 Å². The maximum atomic E-state index is 12.6. The highest BCUT2D eigenvalue weighted by atomic mass is 35.5. The average Bonchev–Trinajstić information content (AvgIpc) is 2.30. The second kappa shape index (κ2) is 7.59. The Balaban J connectivity index is 5.29. The molecule has 0 rings (SSSR count). The fourth-order valence-electron chi connectivity index (χ4n) is 1.44. The molecule has 0 amide bonds. The van der Waals surface area contributed by atoms with Crippen molar-refractivity contribution in [1.82, 2.24) is 4.72 Å². The third kappa shape index (κ3) is 6.53. The Labute approximate surface area is 143 Å². The summed E-state index contributed by atoms with van der Waals surface area (Å²) < 4.78 is 68.0. The lowest BCUT2D eigenvalue weighted by Gasteiger charge is -2.38. The third-order valence-electron chi connectivity index (χ3n) is 4.06. The molecule has 0 aromatic carbocycles. The summed E-state index contributed by atoms with van der Waals surface area (Å²) in [6.07, 6.45) is 0. The van der Waals surface area contributed by atoms with Gasteiger partial charge in [-0.15, -0.1) is 11.6 Å². The first-order chi connectivity index (χ1) is 9.92. The van der Waals surface area contributed by atoms with Crippen LogP contribution in [0.3, 0.4) is 0 Å². The van der Waals surface area contributed by atoms with Crippen molar-refractivity contribution in [3.63, 3.8) is 0 Å². The maximum absolute atomic E-state index is 12.6. The minimum Gasteiger partial charge on any atom is -0.415 e. The summed E-state index contributed by atoms with van der Waals surface area (Å²) in [5.74, 6) is -0.222. The zero-order valence-corrected chi connectivity index (χ0v) is 17.2. The highest BCUT2D eigenvalue weighted by molar-refractivity contribution is 7.90. The molecule has 2 atom stereocenters. The van der Waals surface area contributed by atoms with Crippen LogP contribution < -0.4 is 4.72 Å². The van der Waals surface area contributed by atoms with Gasteiger partial charge in [-0.1, -0.05) is 34.6 Å². The summed E-state index contributed by atoms with van der Waals surface area (Å²) in [6.45, 7) is 13.0. The first-order valence-corrected chi connectivity index (χ1v) is 12.1. The van der Waals surface area contributed by atoms with Gasteiger partial charge >= 0.3 is 15.5 Å². The Morgan fingerprint density at radius 3 is 1.91 bits per heavy atom. The predicted molar refractivity (Wildman–Crippen MR) is 89.5 cm³/mol. The van der Waals surface area contributed by atoms with Gasteiger partial charge in [-0.05, 0) is 24.1 Å². The first-order valence-electron chi connectivity index (χ1n) is 7.29. The van der Waals surface area contributed by atoms with Crippen LogP contribution >= 0.6 is 11.6 Å². The Kier molecular flexibility index (Phi) is 7.65. The van der Waals surface area contributed by atoms with Gasteiger partial charge in [-0.2, -0.15) is 13.2 Å². The van der Waals surface area contributed by atoms with Crippen LogP contribution in [-0.4, -0.2) is 40.3 Å². The topological polar surface area (TPSA) is 55.4 Å². The van der Waals surface area contributed by atoms with Gasteiger partial charge in [0.25, 0.3) is 0 Å². The van der Waals surface area contributed by atoms with E-state index >= 15 is 0 Å². The Morgan fingerprint density at radius 2 is 1.61 bits per heavy atom. The van der Waals surface area contributed by atoms with Crippen LogP contribution in [0.2, 0.25) is 18.1 Å². The largest absolute Gasteiger partial charge is 0.511 e. The first kappa shape index (κ1) is 23.2. The van der Waals surface area contributed by atoms with Gasteiger partial charge in [0.1, 0.15) is 0 Å². The van der Waals surface area contributed by atoms with E-state index in [1.807, 2.05) is 33.9 Å². The normalized spacial score (nSPS) is 17.4. The molecule has 0 saturated carbocycles. The zero-order valence-electron chi connectivity index (χ0n) is 14.6. The maximum Gasteiger partial charge on any atom is 0.511 e. The Bertz CT molecular complexity index is 490. The minimum atomic E-state index is -5.48. The van der Waals surface area contributed by atoms with Gasteiger partial charge < -0.3 is 4.43 Å². The Morgan fingerprint density at radius 1 is 1.17 bits per heavy atom. The summed E-state index contributed by atoms with van der Waals surface area (Å²) in [5.41, 5.74) is -5.38. The van der Waals surface area contributed by atoms with E-state index in [9.17, 15) is 21.6 Å². The van der Waals surface area contributed by atoms with Crippen LogP contribution in [0, 0.1) is 5.92 Å². The lowest BCUT2D eigenvalue weighted by atomic mass is 10.0. The van der Waals surface area contributed by atoms with E-state index in [1.54, 1.807) is 18.6 Å². The minimum absolute atomic E-state index is 0.153. The number of rotatable bonds is 7. The molecule has 0 aliphatic heterocycles. The molecule has 4 nitrogen and oxygen atoms in total. The van der Waals surface area contributed by atoms with Crippen molar-refractivity contribution >= 4 is 29.9 Å². The molecule has 23 heavy (non-hydrogen) atoms. The van der Waals surface area contributed by atoms with E-state index in [-0.39, 0.29) is 17.6 Å². The molecule has 0 aromatic heterocycles. The van der Waals surface area contributed by atoms with Crippen LogP contribution in [0.4, 0.5) is 13.2 Å². The van der Waals surface area contributed by atoms with Crippen molar-refractivity contribution in [2.24, 2.45) is 5.92 Å². The molecule has 140 valence electrons. The molecule has 0 heterocycles. The average molecular weight is 398 g/mol. The molecule has 0 spiro atoms. The summed E-state index contributed by atoms with van der Waals surface area (Å²) in [5, 5.41) is -0.975. The number of alkyl halides is 4. The van der Waals surface area contributed by atoms with E-state index in [2.05, 4.69) is 0 Å². The van der Waals surface area contributed by atoms with E-state index in [1.165, 1.54) is 0 Å². The van der Waals surface area contributed by atoms with Crippen molar-refractivity contribution in [3.8, 4) is 0 Å². The standard InChI is InChI=1S/C13H27ClF3NO3SSi/c1-9(2)11(14)10(18-22(19,20)13(15,16)17)8-21-23(6,7)12(3,4)5/h9-11,18H,8H2,1-7H3/t10-,11+/m0/s1. The van der Waals surface area contributed by atoms with Crippen molar-refractivity contribution < 1.29 is 26.0 Å². The van der Waals surface area contributed by atoms with Crippen LogP contribution in [0.25, 0.3) is 0 Å². The van der Waals surface area contributed by atoms with Crippen LogP contribution in [0.5, 0.6) is 0 Å². The second-order valence-corrected chi connectivity index (χ2v) is 14.5. The summed E-state index contributed by atoms with van der Waals surface area (Å²) in [7, 11) is -7.72. The van der Waals surface area contributed by atoms with Gasteiger partial charge in [0, 0.05) is 0 Å². The number of hydrogen-bond donors (Lipinski definition) is 1. The number of nitrogens with one attached hydrogen (secondary N) is 1. The van der Waals surface area contributed by atoms with Crippen LogP contribution in [-0.2, 0) is 14.4 Å². The van der Waals surface area contributed by atoms with Crippen molar-refractivity contribution in [2.45, 2.75) is 69.7 Å². The lowest BCUT2D eigenvalue weighted by Crippen LogP contribution is -2.52. The fourth-order valence-corrected chi connectivity index (χ4v) is 3.42. The molecular weight excluding hydrogens is 371 g/mol. The smallest absolute Gasteiger partial charge is 0.415 e. The molecule has 0 fully saturated rings. The van der Waals surface area contributed by atoms with Crippen LogP contribution in [0.1, 0.15) is 34.6 Å². The molecule has 0 aliphatic carbocycles. The third-order valence-corrected chi connectivity index (χ3v) is 10.6. The molecule has 0 unspecified atom stereocenters. The van der Waals surface area contributed by atoms with E-state index in [4.69, 9.17) is 16.0 Å². The zero-order chi connectivity index (χ0) is 18.9. The van der Waals surface area contributed by atoms with Crippen molar-refractivity contribution in [2.75, 3.05) is 6.61 Å². The van der Waals surface area contributed by atoms with Gasteiger partial charge in [0.2, 0.25) is 0 Å². The lowest BCUT2D eigenvalue weighted by molar-refractivity contribution is -0.0452. The number of halogens is 4. The summed E-state index contributed by atoms with van der Waals surface area (Å²) >= 11 is 6.12. The molecule has 0 aliphatic rings. The second-order valence-electron chi connectivity index (χ2n) is 7.43. The van der Waals surface area contributed by atoms with E-state index in [0.29, 0.717) is 0 Å². The van der Waals surface area contributed by atoms with Gasteiger partial charge in [-0.25, -0.2) is 13.1 Å². The fraction of sp³-hybridized carbons (Fsp3) is 1.00. The van der Waals surface area contributed by atoms with Crippen molar-refractivity contribution in [1.29, 1.82) is 0 Å². The SMILES string of the molecule is CC(C)[C@@H](Cl)[C@H](CO[Si](C)(C)C(C)(C)C)NS(=O)(=O)C(F)(F)F. The van der Waals surface area contributed by atoms with Crippen molar-refractivity contribution in [3.05, 3.63) is 0 Å². The predicted octanol–water partition coefficient (Wildman–Crippen LogP) is 4.08. The van der Waals surface area contributed by atoms with Gasteiger partial charge in [0.05, 0.1) is 18.0 Å². The molecule has 0 aromatic rings. The molecule has 0 bridgehead atoms. The summed E-state index contributed by atoms with van der Waals surface area (Å²) in [6, 6.07) is -1.16. The summed E-state index contributed by atoms with van der Waals surface area (Å²) in [4.78, 5) is 0. The monoisotopic (exact) mass is 397 g/mol. The van der Waals surface area contributed by atoms with Gasteiger partial charge in [-0.3, -0.25) is 0 Å².